The molecule has 0 spiro atoms. The van der Waals surface area contributed by atoms with Crippen LogP contribution in [0.3, 0.4) is 0 Å². The Kier molecular flexibility index (Phi) is 3.76. The summed E-state index contributed by atoms with van der Waals surface area (Å²) in [6.07, 6.45) is 2.63. The summed E-state index contributed by atoms with van der Waals surface area (Å²) in [6, 6.07) is 8.73. The molecule has 6 heteroatoms. The number of para-hydroxylation sites is 1. The molecular formula is C18H17NO4S. The normalized spacial score (nSPS) is 16.5. The largest absolute Gasteiger partial charge is 0.488 e. The average Bonchev–Trinajstić information content (AvgIpc) is 3.28. The Balaban J connectivity index is 1.56. The molecule has 2 heterocycles. The molecule has 4 rings (SSSR count). The molecule has 1 fully saturated rings. The van der Waals surface area contributed by atoms with E-state index in [4.69, 9.17) is 4.74 Å². The van der Waals surface area contributed by atoms with Crippen LogP contribution in [0.1, 0.15) is 34.5 Å². The summed E-state index contributed by atoms with van der Waals surface area (Å²) < 4.78 is 5.70. The minimum Gasteiger partial charge on any atom is -0.488 e. The van der Waals surface area contributed by atoms with Crippen molar-refractivity contribution in [3.05, 3.63) is 40.8 Å². The van der Waals surface area contributed by atoms with Crippen molar-refractivity contribution >= 4 is 23.2 Å². The first-order valence-corrected chi connectivity index (χ1v) is 8.82. The predicted molar refractivity (Wildman–Crippen MR) is 90.3 cm³/mol. The topological polar surface area (TPSA) is 75.6 Å². The Labute approximate surface area is 143 Å². The fourth-order valence-corrected chi connectivity index (χ4v) is 4.05. The number of hydrogen-bond donors (Lipinski definition) is 2. The number of amides is 1. The molecule has 24 heavy (non-hydrogen) atoms. The minimum absolute atomic E-state index is 0.320. The maximum Gasteiger partial charge on any atom is 0.326 e. The molecular weight excluding hydrogens is 326 g/mol. The number of carboxylic acids is 1. The highest BCUT2D eigenvalue weighted by Gasteiger charge is 2.31. The lowest BCUT2D eigenvalue weighted by Crippen LogP contribution is -2.40. The van der Waals surface area contributed by atoms with Gasteiger partial charge in [0.1, 0.15) is 18.4 Å². The zero-order chi connectivity index (χ0) is 16.7. The highest BCUT2D eigenvalue weighted by Crippen LogP contribution is 2.42. The summed E-state index contributed by atoms with van der Waals surface area (Å²) in [5, 5.41) is 12.0. The van der Waals surface area contributed by atoms with Gasteiger partial charge in [0, 0.05) is 16.0 Å². The molecule has 1 aromatic carbocycles. The van der Waals surface area contributed by atoms with Gasteiger partial charge >= 0.3 is 5.97 Å². The number of benzene rings is 1. The molecule has 2 N–H and O–H groups in total. The van der Waals surface area contributed by atoms with E-state index in [1.807, 2.05) is 24.3 Å². The smallest absolute Gasteiger partial charge is 0.326 e. The van der Waals surface area contributed by atoms with E-state index in [0.29, 0.717) is 23.8 Å². The summed E-state index contributed by atoms with van der Waals surface area (Å²) in [4.78, 5) is 25.4. The van der Waals surface area contributed by atoms with E-state index >= 15 is 0 Å². The van der Waals surface area contributed by atoms with Crippen LogP contribution in [0.15, 0.2) is 30.3 Å². The lowest BCUT2D eigenvalue weighted by atomic mass is 10.1. The van der Waals surface area contributed by atoms with Gasteiger partial charge in [-0.3, -0.25) is 4.79 Å². The first-order chi connectivity index (χ1) is 11.6. The molecule has 1 saturated carbocycles. The van der Waals surface area contributed by atoms with Gasteiger partial charge in [0.05, 0.1) is 4.88 Å². The molecule has 1 amide bonds. The van der Waals surface area contributed by atoms with Gasteiger partial charge in [-0.15, -0.1) is 11.3 Å². The second-order valence-electron chi connectivity index (χ2n) is 6.29. The Morgan fingerprint density at radius 2 is 2.12 bits per heavy atom. The summed E-state index contributed by atoms with van der Waals surface area (Å²) in [5.74, 6) is -0.0376. The van der Waals surface area contributed by atoms with Crippen molar-refractivity contribution in [3.63, 3.8) is 0 Å². The minimum atomic E-state index is -0.967. The van der Waals surface area contributed by atoms with Crippen LogP contribution in [0.25, 0.3) is 10.4 Å². The van der Waals surface area contributed by atoms with Crippen molar-refractivity contribution in [3.8, 4) is 16.2 Å². The van der Waals surface area contributed by atoms with Crippen LogP contribution in [0.5, 0.6) is 5.75 Å². The van der Waals surface area contributed by atoms with Gasteiger partial charge in [-0.1, -0.05) is 25.0 Å². The maximum atomic E-state index is 12.5. The Morgan fingerprint density at radius 1 is 1.33 bits per heavy atom. The second kappa shape index (κ2) is 5.94. The first-order valence-electron chi connectivity index (χ1n) is 8.00. The number of fused-ring (bicyclic) bond motifs is 3. The van der Waals surface area contributed by atoms with Crippen molar-refractivity contribution in [2.75, 3.05) is 0 Å². The Morgan fingerprint density at radius 3 is 2.88 bits per heavy atom. The summed E-state index contributed by atoms with van der Waals surface area (Å²) in [5.41, 5.74) is 1.95. The number of aliphatic carboxylic acids is 1. The third-order valence-electron chi connectivity index (χ3n) is 4.42. The maximum absolute atomic E-state index is 12.5. The second-order valence-corrected chi connectivity index (χ2v) is 7.35. The molecule has 1 aliphatic heterocycles. The van der Waals surface area contributed by atoms with E-state index in [2.05, 4.69) is 5.32 Å². The number of hydrogen-bond acceptors (Lipinski definition) is 4. The fraction of sp³-hybridized carbons (Fsp3) is 0.333. The summed E-state index contributed by atoms with van der Waals surface area (Å²) >= 11 is 1.39. The molecule has 1 unspecified atom stereocenters. The van der Waals surface area contributed by atoms with Gasteiger partial charge in [0.2, 0.25) is 0 Å². The first kappa shape index (κ1) is 15.2. The van der Waals surface area contributed by atoms with Gasteiger partial charge in [-0.05, 0) is 30.5 Å². The monoisotopic (exact) mass is 343 g/mol. The van der Waals surface area contributed by atoms with Crippen LogP contribution in [0.4, 0.5) is 0 Å². The third-order valence-corrected chi connectivity index (χ3v) is 5.63. The number of carboxylic acid groups (broad SMARTS) is 1. The van der Waals surface area contributed by atoms with E-state index in [1.165, 1.54) is 11.3 Å². The van der Waals surface area contributed by atoms with E-state index in [9.17, 15) is 14.7 Å². The molecule has 0 radical (unpaired) electrons. The zero-order valence-electron chi connectivity index (χ0n) is 13.0. The van der Waals surface area contributed by atoms with Gasteiger partial charge in [0.25, 0.3) is 5.91 Å². The lowest BCUT2D eigenvalue weighted by molar-refractivity contribution is -0.139. The highest BCUT2D eigenvalue weighted by atomic mass is 32.1. The van der Waals surface area contributed by atoms with Gasteiger partial charge in [-0.25, -0.2) is 4.79 Å². The number of ether oxygens (including phenoxy) is 1. The van der Waals surface area contributed by atoms with Crippen LogP contribution in [-0.2, 0) is 11.4 Å². The number of nitrogens with one attached hydrogen (secondary N) is 1. The quantitative estimate of drug-likeness (QED) is 0.873. The fourth-order valence-electron chi connectivity index (χ4n) is 2.95. The van der Waals surface area contributed by atoms with Crippen molar-refractivity contribution in [1.82, 2.24) is 5.32 Å². The van der Waals surface area contributed by atoms with Crippen LogP contribution >= 0.6 is 11.3 Å². The standard InChI is InChI=1S/C18H17NO4S/c20-17(19-13(18(21)22)7-10-5-6-10)15-8-11-9-23-14-4-2-1-3-12(14)16(11)24-15/h1-4,8,10,13H,5-7,9H2,(H,19,20)(H,21,22). The molecule has 1 aromatic heterocycles. The van der Waals surface area contributed by atoms with Crippen molar-refractivity contribution in [2.45, 2.75) is 31.9 Å². The van der Waals surface area contributed by atoms with Gasteiger partial charge < -0.3 is 15.2 Å². The van der Waals surface area contributed by atoms with Crippen LogP contribution < -0.4 is 10.1 Å². The molecule has 1 atom stereocenters. The highest BCUT2D eigenvalue weighted by molar-refractivity contribution is 7.17. The van der Waals surface area contributed by atoms with Gasteiger partial charge in [-0.2, -0.15) is 0 Å². The van der Waals surface area contributed by atoms with E-state index in [1.54, 1.807) is 6.07 Å². The predicted octanol–water partition coefficient (Wildman–Crippen LogP) is 3.29. The summed E-state index contributed by atoms with van der Waals surface area (Å²) in [7, 11) is 0. The SMILES string of the molecule is O=C(NC(CC1CC1)C(=O)O)c1cc2c(s1)-c1ccccc1OC2. The molecule has 5 nitrogen and oxygen atoms in total. The van der Waals surface area contributed by atoms with Crippen molar-refractivity contribution in [2.24, 2.45) is 5.92 Å². The van der Waals surface area contributed by atoms with Gasteiger partial charge in [0.15, 0.2) is 0 Å². The zero-order valence-corrected chi connectivity index (χ0v) is 13.8. The third kappa shape index (κ3) is 2.89. The molecule has 2 aliphatic rings. The number of carbonyl (C=O) groups is 2. The Hall–Kier alpha value is -2.34. The van der Waals surface area contributed by atoms with E-state index in [0.717, 1.165) is 34.6 Å². The number of carbonyl (C=O) groups excluding carboxylic acids is 1. The molecule has 0 bridgehead atoms. The molecule has 124 valence electrons. The van der Waals surface area contributed by atoms with Crippen LogP contribution in [0.2, 0.25) is 0 Å². The van der Waals surface area contributed by atoms with E-state index in [-0.39, 0.29) is 5.91 Å². The summed E-state index contributed by atoms with van der Waals surface area (Å²) in [6.45, 7) is 0.431. The molecule has 0 saturated heterocycles. The van der Waals surface area contributed by atoms with E-state index < -0.39 is 12.0 Å². The Bertz CT molecular complexity index is 809. The van der Waals surface area contributed by atoms with Crippen molar-refractivity contribution in [1.29, 1.82) is 0 Å². The van der Waals surface area contributed by atoms with Crippen LogP contribution in [-0.4, -0.2) is 23.0 Å². The molecule has 1 aliphatic carbocycles. The average molecular weight is 343 g/mol. The van der Waals surface area contributed by atoms with Crippen molar-refractivity contribution < 1.29 is 19.4 Å². The van der Waals surface area contributed by atoms with Crippen LogP contribution in [0, 0.1) is 5.92 Å². The lowest BCUT2D eigenvalue weighted by Gasteiger charge is -2.16. The number of thiophene rings is 1. The molecule has 2 aromatic rings. The number of rotatable bonds is 5.